The van der Waals surface area contributed by atoms with Crippen LogP contribution in [0.5, 0.6) is 5.75 Å². The first-order valence-corrected chi connectivity index (χ1v) is 6.00. The summed E-state index contributed by atoms with van der Waals surface area (Å²) in [6, 6.07) is 4.14. The third kappa shape index (κ3) is 2.47. The van der Waals surface area contributed by atoms with E-state index in [1.807, 2.05) is 20.0 Å². The number of aromatic nitrogens is 2. The van der Waals surface area contributed by atoms with Crippen molar-refractivity contribution < 1.29 is 4.74 Å². The van der Waals surface area contributed by atoms with Crippen molar-refractivity contribution in [2.75, 3.05) is 12.4 Å². The molecule has 1 aromatic heterocycles. The first-order chi connectivity index (χ1) is 8.61. The minimum absolute atomic E-state index is 0.730. The molecular weight excluding hydrogens is 226 g/mol. The van der Waals surface area contributed by atoms with Crippen molar-refractivity contribution in [3.8, 4) is 5.75 Å². The molecule has 1 aromatic carbocycles. The lowest BCUT2D eigenvalue weighted by Gasteiger charge is -2.14. The number of nitrogens with one attached hydrogen (secondary N) is 2. The van der Waals surface area contributed by atoms with Crippen molar-refractivity contribution >= 4 is 5.69 Å². The molecule has 4 nitrogen and oxygen atoms in total. The molecule has 18 heavy (non-hydrogen) atoms. The molecule has 0 aliphatic rings. The van der Waals surface area contributed by atoms with E-state index < -0.39 is 0 Å². The maximum Gasteiger partial charge on any atom is 0.126 e. The van der Waals surface area contributed by atoms with Crippen molar-refractivity contribution in [2.45, 2.75) is 27.3 Å². The van der Waals surface area contributed by atoms with Gasteiger partial charge in [-0.15, -0.1) is 0 Å². The van der Waals surface area contributed by atoms with Crippen LogP contribution >= 0.6 is 0 Å². The van der Waals surface area contributed by atoms with Gasteiger partial charge in [-0.05, 0) is 32.4 Å². The van der Waals surface area contributed by atoms with E-state index in [-0.39, 0.29) is 0 Å². The molecule has 0 atom stereocenters. The number of hydrogen-bond donors (Lipinski definition) is 2. The van der Waals surface area contributed by atoms with Crippen LogP contribution in [-0.4, -0.2) is 17.1 Å². The standard InChI is InChI=1S/C14H19N3O/c1-9-5-6-13(10(2)14(9)18-4)16-8-12-7-15-11(3)17-12/h5-7,16H,8H2,1-4H3,(H,15,17). The van der Waals surface area contributed by atoms with Crippen LogP contribution in [0.2, 0.25) is 0 Å². The average Bonchev–Trinajstić information content (AvgIpc) is 2.75. The summed E-state index contributed by atoms with van der Waals surface area (Å²) in [5.41, 5.74) is 4.45. The Morgan fingerprint density at radius 2 is 2.06 bits per heavy atom. The van der Waals surface area contributed by atoms with Crippen LogP contribution in [0.1, 0.15) is 22.6 Å². The molecule has 2 rings (SSSR count). The fourth-order valence-electron chi connectivity index (χ4n) is 2.08. The van der Waals surface area contributed by atoms with Crippen molar-refractivity contribution in [3.63, 3.8) is 0 Å². The zero-order valence-electron chi connectivity index (χ0n) is 11.3. The monoisotopic (exact) mass is 245 g/mol. The van der Waals surface area contributed by atoms with Gasteiger partial charge >= 0.3 is 0 Å². The largest absolute Gasteiger partial charge is 0.496 e. The van der Waals surface area contributed by atoms with Gasteiger partial charge in [0.1, 0.15) is 11.6 Å². The lowest BCUT2D eigenvalue weighted by atomic mass is 10.1. The van der Waals surface area contributed by atoms with Gasteiger partial charge in [0.15, 0.2) is 0 Å². The van der Waals surface area contributed by atoms with Gasteiger partial charge in [-0.25, -0.2) is 4.98 Å². The molecule has 0 aliphatic carbocycles. The van der Waals surface area contributed by atoms with Crippen LogP contribution in [0, 0.1) is 20.8 Å². The number of aromatic amines is 1. The maximum atomic E-state index is 5.41. The molecule has 0 radical (unpaired) electrons. The molecule has 0 spiro atoms. The maximum absolute atomic E-state index is 5.41. The molecule has 0 saturated carbocycles. The SMILES string of the molecule is COc1c(C)ccc(NCc2cnc(C)[nH]2)c1C. The van der Waals surface area contributed by atoms with Crippen LogP contribution in [-0.2, 0) is 6.54 Å². The summed E-state index contributed by atoms with van der Waals surface area (Å²) in [4.78, 5) is 7.38. The number of anilines is 1. The van der Waals surface area contributed by atoms with Crippen LogP contribution in [0.4, 0.5) is 5.69 Å². The average molecular weight is 245 g/mol. The Balaban J connectivity index is 2.14. The van der Waals surface area contributed by atoms with Crippen molar-refractivity contribution in [1.29, 1.82) is 0 Å². The van der Waals surface area contributed by atoms with Gasteiger partial charge < -0.3 is 15.0 Å². The summed E-state index contributed by atoms with van der Waals surface area (Å²) in [6.07, 6.45) is 1.85. The molecule has 96 valence electrons. The van der Waals surface area contributed by atoms with E-state index in [2.05, 4.69) is 34.3 Å². The Labute approximate surface area is 107 Å². The number of rotatable bonds is 4. The number of aryl methyl sites for hydroxylation is 2. The van der Waals surface area contributed by atoms with Crippen LogP contribution < -0.4 is 10.1 Å². The van der Waals surface area contributed by atoms with Gasteiger partial charge in [-0.2, -0.15) is 0 Å². The first kappa shape index (κ1) is 12.5. The third-order valence-electron chi connectivity index (χ3n) is 3.03. The van der Waals surface area contributed by atoms with E-state index in [0.717, 1.165) is 40.6 Å². The zero-order valence-corrected chi connectivity index (χ0v) is 11.3. The summed E-state index contributed by atoms with van der Waals surface area (Å²) in [5, 5.41) is 3.39. The molecule has 0 unspecified atom stereocenters. The van der Waals surface area contributed by atoms with E-state index in [1.54, 1.807) is 7.11 Å². The normalized spacial score (nSPS) is 10.4. The van der Waals surface area contributed by atoms with E-state index in [9.17, 15) is 0 Å². The second-order valence-corrected chi connectivity index (χ2v) is 4.44. The Bertz CT molecular complexity index is 546. The summed E-state index contributed by atoms with van der Waals surface area (Å²) in [5.74, 6) is 1.88. The summed E-state index contributed by atoms with van der Waals surface area (Å²) < 4.78 is 5.41. The second-order valence-electron chi connectivity index (χ2n) is 4.44. The molecule has 0 aliphatic heterocycles. The quantitative estimate of drug-likeness (QED) is 0.870. The first-order valence-electron chi connectivity index (χ1n) is 6.00. The van der Waals surface area contributed by atoms with Gasteiger partial charge in [0.25, 0.3) is 0 Å². The van der Waals surface area contributed by atoms with Crippen LogP contribution in [0.3, 0.4) is 0 Å². The molecule has 0 fully saturated rings. The minimum Gasteiger partial charge on any atom is -0.496 e. The predicted octanol–water partition coefficient (Wildman–Crippen LogP) is 2.96. The predicted molar refractivity (Wildman–Crippen MR) is 73.1 cm³/mol. The van der Waals surface area contributed by atoms with Crippen LogP contribution in [0.25, 0.3) is 0 Å². The Morgan fingerprint density at radius 3 is 2.67 bits per heavy atom. The lowest BCUT2D eigenvalue weighted by Crippen LogP contribution is -2.03. The third-order valence-corrected chi connectivity index (χ3v) is 3.03. The van der Waals surface area contributed by atoms with Crippen molar-refractivity contribution in [2.24, 2.45) is 0 Å². The van der Waals surface area contributed by atoms with Crippen LogP contribution in [0.15, 0.2) is 18.3 Å². The number of imidazole rings is 1. The second kappa shape index (κ2) is 5.12. The molecular formula is C14H19N3O. The molecule has 0 bridgehead atoms. The summed E-state index contributed by atoms with van der Waals surface area (Å²) in [6.45, 7) is 6.79. The number of nitrogens with zero attached hydrogens (tertiary/aromatic N) is 1. The smallest absolute Gasteiger partial charge is 0.126 e. The van der Waals surface area contributed by atoms with E-state index in [1.165, 1.54) is 0 Å². The summed E-state index contributed by atoms with van der Waals surface area (Å²) >= 11 is 0. The topological polar surface area (TPSA) is 49.9 Å². The van der Waals surface area contributed by atoms with Crippen molar-refractivity contribution in [1.82, 2.24) is 9.97 Å². The van der Waals surface area contributed by atoms with E-state index >= 15 is 0 Å². The molecule has 2 N–H and O–H groups in total. The number of benzene rings is 1. The Morgan fingerprint density at radius 1 is 1.28 bits per heavy atom. The highest BCUT2D eigenvalue weighted by Gasteiger charge is 2.07. The van der Waals surface area contributed by atoms with Gasteiger partial charge in [0, 0.05) is 11.3 Å². The number of methoxy groups -OCH3 is 1. The minimum atomic E-state index is 0.730. The highest BCUT2D eigenvalue weighted by molar-refractivity contribution is 5.59. The molecule has 2 aromatic rings. The molecule has 4 heteroatoms. The van der Waals surface area contributed by atoms with Gasteiger partial charge in [-0.3, -0.25) is 0 Å². The number of hydrogen-bond acceptors (Lipinski definition) is 3. The lowest BCUT2D eigenvalue weighted by molar-refractivity contribution is 0.409. The van der Waals surface area contributed by atoms with Gasteiger partial charge in [0.05, 0.1) is 25.5 Å². The van der Waals surface area contributed by atoms with Crippen molar-refractivity contribution in [3.05, 3.63) is 41.0 Å². The van der Waals surface area contributed by atoms with E-state index in [4.69, 9.17) is 4.74 Å². The van der Waals surface area contributed by atoms with E-state index in [0.29, 0.717) is 0 Å². The Hall–Kier alpha value is -1.97. The summed E-state index contributed by atoms with van der Waals surface area (Å²) in [7, 11) is 1.71. The molecule has 0 saturated heterocycles. The zero-order chi connectivity index (χ0) is 13.1. The molecule has 0 amide bonds. The number of ether oxygens (including phenoxy) is 1. The van der Waals surface area contributed by atoms with Gasteiger partial charge in [-0.1, -0.05) is 6.07 Å². The number of H-pyrrole nitrogens is 1. The fraction of sp³-hybridized carbons (Fsp3) is 0.357. The highest BCUT2D eigenvalue weighted by atomic mass is 16.5. The molecule has 1 heterocycles. The fourth-order valence-corrected chi connectivity index (χ4v) is 2.08. The van der Waals surface area contributed by atoms with Gasteiger partial charge in [0.2, 0.25) is 0 Å². The highest BCUT2D eigenvalue weighted by Crippen LogP contribution is 2.29. The Kier molecular flexibility index (Phi) is 3.55.